The van der Waals surface area contributed by atoms with Gasteiger partial charge in [0.05, 0.1) is 10.6 Å². The molecule has 1 heterocycles. The fourth-order valence-corrected chi connectivity index (χ4v) is 3.55. The Bertz CT molecular complexity index is 583. The average Bonchev–Trinajstić information content (AvgIpc) is 2.74. The van der Waals surface area contributed by atoms with Crippen molar-refractivity contribution in [3.63, 3.8) is 0 Å². The summed E-state index contributed by atoms with van der Waals surface area (Å²) in [5.74, 6) is -0.107. The Labute approximate surface area is 121 Å². The van der Waals surface area contributed by atoms with Crippen LogP contribution in [-0.2, 0) is 5.75 Å². The Kier molecular flexibility index (Phi) is 4.42. The van der Waals surface area contributed by atoms with Crippen LogP contribution < -0.4 is 0 Å². The van der Waals surface area contributed by atoms with Gasteiger partial charge in [-0.3, -0.25) is 0 Å². The lowest BCUT2D eigenvalue weighted by Crippen LogP contribution is -1.97. The van der Waals surface area contributed by atoms with Gasteiger partial charge in [0.15, 0.2) is 0 Å². The minimum absolute atomic E-state index is 0.292. The second-order valence-electron chi connectivity index (χ2n) is 3.58. The molecule has 0 unspecified atom stereocenters. The van der Waals surface area contributed by atoms with Crippen molar-refractivity contribution in [2.45, 2.75) is 17.6 Å². The average molecular weight is 344 g/mol. The molecule has 6 heteroatoms. The molecule has 0 amide bonds. The van der Waals surface area contributed by atoms with Gasteiger partial charge in [-0.2, -0.15) is 0 Å². The Morgan fingerprint density at radius 3 is 2.94 bits per heavy atom. The molecule has 1 N–H and O–H groups in total. The van der Waals surface area contributed by atoms with E-state index in [1.54, 1.807) is 35.2 Å². The molecule has 0 saturated heterocycles. The lowest BCUT2D eigenvalue weighted by molar-refractivity contribution is 0.0695. The maximum absolute atomic E-state index is 11.0. The number of aromatic nitrogens is 1. The molecular weight excluding hydrogens is 334 g/mol. The van der Waals surface area contributed by atoms with Crippen LogP contribution >= 0.6 is 39.0 Å². The molecule has 1 aromatic heterocycles. The number of thioether (sulfide) groups is 1. The van der Waals surface area contributed by atoms with E-state index in [9.17, 15) is 4.79 Å². The summed E-state index contributed by atoms with van der Waals surface area (Å²) in [6, 6.07) is 5.36. The van der Waals surface area contributed by atoms with Crippen molar-refractivity contribution in [2.75, 3.05) is 0 Å². The van der Waals surface area contributed by atoms with Gasteiger partial charge < -0.3 is 5.11 Å². The zero-order valence-electron chi connectivity index (χ0n) is 9.51. The van der Waals surface area contributed by atoms with E-state index < -0.39 is 5.97 Å². The third-order valence-corrected chi connectivity index (χ3v) is 5.05. The standard InChI is InChI=1S/C12H10BrNO2S2/c1-7-14-5-9(18-7)6-17-8-2-3-11(13)10(4-8)12(15)16/h2-5H,6H2,1H3,(H,15,16). The minimum Gasteiger partial charge on any atom is -0.478 e. The summed E-state index contributed by atoms with van der Waals surface area (Å²) >= 11 is 6.51. The molecule has 0 radical (unpaired) electrons. The number of nitrogens with zero attached hydrogens (tertiary/aromatic N) is 1. The van der Waals surface area contributed by atoms with E-state index in [1.807, 2.05) is 19.2 Å². The number of aryl methyl sites for hydroxylation is 1. The summed E-state index contributed by atoms with van der Waals surface area (Å²) in [4.78, 5) is 17.3. The van der Waals surface area contributed by atoms with Crippen LogP contribution in [0.1, 0.15) is 20.2 Å². The van der Waals surface area contributed by atoms with Crippen molar-refractivity contribution in [3.05, 3.63) is 44.3 Å². The molecule has 1 aromatic carbocycles. The van der Waals surface area contributed by atoms with Gasteiger partial charge in [-0.15, -0.1) is 23.1 Å². The number of carbonyl (C=O) groups is 1. The van der Waals surface area contributed by atoms with Crippen molar-refractivity contribution in [2.24, 2.45) is 0 Å². The van der Waals surface area contributed by atoms with Gasteiger partial charge in [0.2, 0.25) is 0 Å². The number of carboxylic acid groups (broad SMARTS) is 1. The highest BCUT2D eigenvalue weighted by Gasteiger charge is 2.09. The lowest BCUT2D eigenvalue weighted by Gasteiger charge is -2.03. The number of hydrogen-bond acceptors (Lipinski definition) is 4. The number of benzene rings is 1. The first kappa shape index (κ1) is 13.6. The van der Waals surface area contributed by atoms with E-state index in [2.05, 4.69) is 20.9 Å². The fourth-order valence-electron chi connectivity index (χ4n) is 1.38. The van der Waals surface area contributed by atoms with Gasteiger partial charge in [-0.1, -0.05) is 0 Å². The number of aromatic carboxylic acids is 1. The number of thiazole rings is 1. The minimum atomic E-state index is -0.919. The summed E-state index contributed by atoms with van der Waals surface area (Å²) in [6.45, 7) is 1.97. The van der Waals surface area contributed by atoms with Crippen LogP contribution in [0.4, 0.5) is 0 Å². The molecule has 3 nitrogen and oxygen atoms in total. The van der Waals surface area contributed by atoms with Gasteiger partial charge >= 0.3 is 5.97 Å². The van der Waals surface area contributed by atoms with E-state index in [1.165, 1.54) is 4.88 Å². The molecule has 0 bridgehead atoms. The topological polar surface area (TPSA) is 50.2 Å². The molecule has 0 spiro atoms. The van der Waals surface area contributed by atoms with Crippen molar-refractivity contribution in [1.82, 2.24) is 4.98 Å². The van der Waals surface area contributed by atoms with E-state index in [4.69, 9.17) is 5.11 Å². The second kappa shape index (κ2) is 5.86. The first-order chi connectivity index (χ1) is 8.56. The lowest BCUT2D eigenvalue weighted by atomic mass is 10.2. The van der Waals surface area contributed by atoms with Gasteiger partial charge in [0.1, 0.15) is 0 Å². The van der Waals surface area contributed by atoms with E-state index in [-0.39, 0.29) is 0 Å². The van der Waals surface area contributed by atoms with Crippen LogP contribution in [0.15, 0.2) is 33.8 Å². The van der Waals surface area contributed by atoms with Crippen LogP contribution in [0.25, 0.3) is 0 Å². The molecule has 0 fully saturated rings. The first-order valence-corrected chi connectivity index (χ1v) is 7.72. The van der Waals surface area contributed by atoms with Crippen LogP contribution in [0.2, 0.25) is 0 Å². The van der Waals surface area contributed by atoms with Gasteiger partial charge in [0.25, 0.3) is 0 Å². The molecular formula is C12H10BrNO2S2. The molecule has 0 saturated carbocycles. The van der Waals surface area contributed by atoms with Gasteiger partial charge in [0, 0.05) is 26.2 Å². The van der Waals surface area contributed by atoms with E-state index in [0.29, 0.717) is 10.0 Å². The first-order valence-electron chi connectivity index (χ1n) is 5.13. The summed E-state index contributed by atoms with van der Waals surface area (Å²) in [5.41, 5.74) is 0.292. The third-order valence-electron chi connectivity index (χ3n) is 2.22. The SMILES string of the molecule is Cc1ncc(CSc2ccc(Br)c(C(=O)O)c2)s1. The Balaban J connectivity index is 2.10. The Hall–Kier alpha value is -0.850. The zero-order valence-corrected chi connectivity index (χ0v) is 12.7. The molecule has 2 rings (SSSR count). The van der Waals surface area contributed by atoms with Gasteiger partial charge in [-0.25, -0.2) is 9.78 Å². The number of halogens is 1. The quantitative estimate of drug-likeness (QED) is 0.845. The van der Waals surface area contributed by atoms with Crippen LogP contribution in [0.3, 0.4) is 0 Å². The molecule has 0 atom stereocenters. The number of hydrogen-bond donors (Lipinski definition) is 1. The van der Waals surface area contributed by atoms with Crippen molar-refractivity contribution >= 4 is 45.0 Å². The molecule has 18 heavy (non-hydrogen) atoms. The highest BCUT2D eigenvalue weighted by atomic mass is 79.9. The second-order valence-corrected chi connectivity index (χ2v) is 6.80. The Morgan fingerprint density at radius 1 is 1.56 bits per heavy atom. The number of carboxylic acids is 1. The molecule has 2 aromatic rings. The predicted molar refractivity (Wildman–Crippen MR) is 77.5 cm³/mol. The number of rotatable bonds is 4. The Morgan fingerprint density at radius 2 is 2.33 bits per heavy atom. The fraction of sp³-hybridized carbons (Fsp3) is 0.167. The monoisotopic (exact) mass is 343 g/mol. The molecule has 0 aliphatic rings. The predicted octanol–water partition coefficient (Wildman–Crippen LogP) is 4.20. The normalized spacial score (nSPS) is 10.6. The summed E-state index contributed by atoms with van der Waals surface area (Å²) < 4.78 is 0.605. The largest absolute Gasteiger partial charge is 0.478 e. The van der Waals surface area contributed by atoms with Crippen molar-refractivity contribution < 1.29 is 9.90 Å². The zero-order chi connectivity index (χ0) is 13.1. The smallest absolute Gasteiger partial charge is 0.336 e. The van der Waals surface area contributed by atoms with Gasteiger partial charge in [-0.05, 0) is 41.1 Å². The summed E-state index contributed by atoms with van der Waals surface area (Å²) in [5, 5.41) is 10.1. The maximum atomic E-state index is 11.0. The van der Waals surface area contributed by atoms with E-state index >= 15 is 0 Å². The molecule has 0 aliphatic carbocycles. The summed E-state index contributed by atoms with van der Waals surface area (Å²) in [7, 11) is 0. The highest BCUT2D eigenvalue weighted by Crippen LogP contribution is 2.28. The summed E-state index contributed by atoms with van der Waals surface area (Å²) in [6.07, 6.45) is 1.87. The third kappa shape index (κ3) is 3.34. The van der Waals surface area contributed by atoms with Crippen molar-refractivity contribution in [1.29, 1.82) is 0 Å². The van der Waals surface area contributed by atoms with Crippen LogP contribution in [0.5, 0.6) is 0 Å². The van der Waals surface area contributed by atoms with Crippen LogP contribution in [0, 0.1) is 6.92 Å². The highest BCUT2D eigenvalue weighted by molar-refractivity contribution is 9.10. The van der Waals surface area contributed by atoms with Crippen molar-refractivity contribution in [3.8, 4) is 0 Å². The molecule has 0 aliphatic heterocycles. The molecule has 94 valence electrons. The maximum Gasteiger partial charge on any atom is 0.336 e. The van der Waals surface area contributed by atoms with E-state index in [0.717, 1.165) is 15.7 Å². The van der Waals surface area contributed by atoms with Crippen LogP contribution in [-0.4, -0.2) is 16.1 Å².